The summed E-state index contributed by atoms with van der Waals surface area (Å²) in [5, 5.41) is 1.90. The van der Waals surface area contributed by atoms with Gasteiger partial charge < -0.3 is 4.42 Å². The molecule has 4 rings (SSSR count). The van der Waals surface area contributed by atoms with Crippen LogP contribution >= 0.6 is 11.8 Å². The van der Waals surface area contributed by atoms with Crippen molar-refractivity contribution in [1.29, 1.82) is 0 Å². The maximum absolute atomic E-state index is 6.05. The molecule has 3 nitrogen and oxygen atoms in total. The van der Waals surface area contributed by atoms with E-state index in [0.29, 0.717) is 5.89 Å². The van der Waals surface area contributed by atoms with E-state index in [-0.39, 0.29) is 0 Å². The van der Waals surface area contributed by atoms with Gasteiger partial charge in [-0.15, -0.1) is 11.8 Å². The minimum Gasteiger partial charge on any atom is -0.435 e. The van der Waals surface area contributed by atoms with Crippen LogP contribution in [0.15, 0.2) is 64.0 Å². The van der Waals surface area contributed by atoms with Crippen molar-refractivity contribution in [2.24, 2.45) is 0 Å². The second-order valence-electron chi connectivity index (χ2n) is 4.70. The highest BCUT2D eigenvalue weighted by Crippen LogP contribution is 2.33. The fourth-order valence-electron chi connectivity index (χ4n) is 2.42. The molecule has 0 spiro atoms. The third-order valence-electron chi connectivity index (χ3n) is 3.41. The van der Waals surface area contributed by atoms with Crippen LogP contribution in [-0.4, -0.2) is 16.2 Å². The largest absolute Gasteiger partial charge is 0.435 e. The lowest BCUT2D eigenvalue weighted by Crippen LogP contribution is -1.85. The highest BCUT2D eigenvalue weighted by atomic mass is 32.2. The number of aromatic nitrogens is 2. The Morgan fingerprint density at radius 1 is 0.905 bits per heavy atom. The molecule has 102 valence electrons. The smallest absolute Gasteiger partial charge is 0.227 e. The van der Waals surface area contributed by atoms with Crippen molar-refractivity contribution in [3.63, 3.8) is 0 Å². The van der Waals surface area contributed by atoms with E-state index in [9.17, 15) is 0 Å². The minimum atomic E-state index is 0.638. The molecule has 0 unspecified atom stereocenters. The molecule has 0 atom stereocenters. The van der Waals surface area contributed by atoms with Crippen LogP contribution in [-0.2, 0) is 0 Å². The average Bonchev–Trinajstić information content (AvgIpc) is 3.00. The number of hydrogen-bond acceptors (Lipinski definition) is 4. The summed E-state index contributed by atoms with van der Waals surface area (Å²) < 4.78 is 6.05. The first-order valence-electron chi connectivity index (χ1n) is 6.65. The van der Waals surface area contributed by atoms with Gasteiger partial charge in [0.2, 0.25) is 5.89 Å². The highest BCUT2D eigenvalue weighted by Gasteiger charge is 2.15. The van der Waals surface area contributed by atoms with E-state index >= 15 is 0 Å². The normalized spacial score (nSPS) is 11.3. The van der Waals surface area contributed by atoms with Crippen LogP contribution in [0.1, 0.15) is 0 Å². The zero-order chi connectivity index (χ0) is 14.2. The van der Waals surface area contributed by atoms with Crippen molar-refractivity contribution in [3.8, 4) is 11.5 Å². The molecule has 4 heteroatoms. The first-order valence-corrected chi connectivity index (χ1v) is 7.88. The molecule has 0 aliphatic heterocycles. The zero-order valence-corrected chi connectivity index (χ0v) is 12.2. The third kappa shape index (κ3) is 1.99. The van der Waals surface area contributed by atoms with Crippen molar-refractivity contribution in [3.05, 3.63) is 54.6 Å². The molecule has 0 radical (unpaired) electrons. The van der Waals surface area contributed by atoms with E-state index in [4.69, 9.17) is 4.42 Å². The van der Waals surface area contributed by atoms with Crippen molar-refractivity contribution >= 4 is 33.8 Å². The fraction of sp³-hybridized carbons (Fsp3) is 0.0588. The van der Waals surface area contributed by atoms with Crippen molar-refractivity contribution in [2.75, 3.05) is 6.26 Å². The molecule has 0 aliphatic rings. The molecule has 0 N–H and O–H groups in total. The molecular weight excluding hydrogens is 280 g/mol. The Hall–Kier alpha value is -2.33. The number of rotatable bonds is 2. The topological polar surface area (TPSA) is 38.9 Å². The summed E-state index contributed by atoms with van der Waals surface area (Å²) >= 11 is 1.59. The Labute approximate surface area is 126 Å². The summed E-state index contributed by atoms with van der Waals surface area (Å²) in [6.07, 6.45) is 2.01. The number of para-hydroxylation sites is 1. The second kappa shape index (κ2) is 4.90. The van der Waals surface area contributed by atoms with Gasteiger partial charge in [-0.25, -0.2) is 9.97 Å². The first-order chi connectivity index (χ1) is 10.4. The fourth-order valence-corrected chi connectivity index (χ4v) is 2.94. The first kappa shape index (κ1) is 12.4. The number of hydrogen-bond donors (Lipinski definition) is 0. The Kier molecular flexibility index (Phi) is 2.89. The summed E-state index contributed by atoms with van der Waals surface area (Å²) in [7, 11) is 0. The molecule has 2 heterocycles. The van der Waals surface area contributed by atoms with Crippen LogP contribution in [0.4, 0.5) is 0 Å². The van der Waals surface area contributed by atoms with Crippen LogP contribution in [0.2, 0.25) is 0 Å². The maximum Gasteiger partial charge on any atom is 0.227 e. The van der Waals surface area contributed by atoms with Gasteiger partial charge in [0.25, 0.3) is 0 Å². The lowest BCUT2D eigenvalue weighted by Gasteiger charge is -2.00. The SMILES string of the molecule is CSc1nc2ccccc2c2oc(-c3ccccc3)nc12. The van der Waals surface area contributed by atoms with E-state index in [0.717, 1.165) is 32.6 Å². The molecule has 0 amide bonds. The van der Waals surface area contributed by atoms with Gasteiger partial charge in [-0.3, -0.25) is 0 Å². The third-order valence-corrected chi connectivity index (χ3v) is 4.09. The number of nitrogens with zero attached hydrogens (tertiary/aromatic N) is 2. The predicted molar refractivity (Wildman–Crippen MR) is 86.5 cm³/mol. The van der Waals surface area contributed by atoms with Crippen LogP contribution in [0.3, 0.4) is 0 Å². The Balaban J connectivity index is 2.08. The number of pyridine rings is 1. The molecule has 0 saturated carbocycles. The highest BCUT2D eigenvalue weighted by molar-refractivity contribution is 7.98. The summed E-state index contributed by atoms with van der Waals surface area (Å²) in [6, 6.07) is 17.9. The van der Waals surface area contributed by atoms with Crippen molar-refractivity contribution in [2.45, 2.75) is 5.03 Å². The molecule has 0 saturated heterocycles. The van der Waals surface area contributed by atoms with E-state index in [2.05, 4.69) is 9.97 Å². The summed E-state index contributed by atoms with van der Waals surface area (Å²) in [5.41, 5.74) is 3.55. The number of benzene rings is 2. The maximum atomic E-state index is 6.05. The summed E-state index contributed by atoms with van der Waals surface area (Å²) in [5.74, 6) is 0.638. The number of thioether (sulfide) groups is 1. The standard InChI is InChI=1S/C17H12N2OS/c1-21-17-14-15(12-9-5-6-10-13(12)18-17)20-16(19-14)11-7-3-2-4-8-11/h2-10H,1H3. The van der Waals surface area contributed by atoms with Gasteiger partial charge >= 0.3 is 0 Å². The quantitative estimate of drug-likeness (QED) is 0.499. The van der Waals surface area contributed by atoms with Crippen LogP contribution in [0.5, 0.6) is 0 Å². The van der Waals surface area contributed by atoms with E-state index in [1.165, 1.54) is 0 Å². The lowest BCUT2D eigenvalue weighted by molar-refractivity contribution is 0.623. The second-order valence-corrected chi connectivity index (χ2v) is 5.50. The molecule has 21 heavy (non-hydrogen) atoms. The minimum absolute atomic E-state index is 0.638. The van der Waals surface area contributed by atoms with Gasteiger partial charge in [-0.1, -0.05) is 30.3 Å². The lowest BCUT2D eigenvalue weighted by atomic mass is 10.2. The molecule has 0 aliphatic carbocycles. The summed E-state index contributed by atoms with van der Waals surface area (Å²) in [6.45, 7) is 0. The van der Waals surface area contributed by atoms with Crippen LogP contribution < -0.4 is 0 Å². The molecular formula is C17H12N2OS. The van der Waals surface area contributed by atoms with Gasteiger partial charge in [0.1, 0.15) is 10.5 Å². The van der Waals surface area contributed by atoms with Crippen LogP contribution in [0, 0.1) is 0 Å². The zero-order valence-electron chi connectivity index (χ0n) is 11.4. The van der Waals surface area contributed by atoms with E-state index in [1.54, 1.807) is 11.8 Å². The Morgan fingerprint density at radius 3 is 2.48 bits per heavy atom. The van der Waals surface area contributed by atoms with Gasteiger partial charge in [-0.2, -0.15) is 0 Å². The van der Waals surface area contributed by atoms with Gasteiger partial charge in [0.05, 0.1) is 5.52 Å². The van der Waals surface area contributed by atoms with Crippen molar-refractivity contribution < 1.29 is 4.42 Å². The van der Waals surface area contributed by atoms with E-state index < -0.39 is 0 Å². The number of oxazole rings is 1. The average molecular weight is 292 g/mol. The van der Waals surface area contributed by atoms with Gasteiger partial charge in [0, 0.05) is 10.9 Å². The van der Waals surface area contributed by atoms with Gasteiger partial charge in [-0.05, 0) is 30.5 Å². The molecule has 4 aromatic rings. The summed E-state index contributed by atoms with van der Waals surface area (Å²) in [4.78, 5) is 9.32. The molecule has 0 bridgehead atoms. The van der Waals surface area contributed by atoms with Crippen molar-refractivity contribution in [1.82, 2.24) is 9.97 Å². The number of fused-ring (bicyclic) bond motifs is 3. The Bertz CT molecular complexity index is 931. The van der Waals surface area contributed by atoms with Gasteiger partial charge in [0.15, 0.2) is 5.58 Å². The molecule has 2 aromatic heterocycles. The van der Waals surface area contributed by atoms with E-state index in [1.807, 2.05) is 60.9 Å². The molecule has 0 fully saturated rings. The Morgan fingerprint density at radius 2 is 1.67 bits per heavy atom. The molecule has 2 aromatic carbocycles. The van der Waals surface area contributed by atoms with Crippen LogP contribution in [0.25, 0.3) is 33.5 Å². The monoisotopic (exact) mass is 292 g/mol. The predicted octanol–water partition coefficient (Wildman–Crippen LogP) is 4.76.